The van der Waals surface area contributed by atoms with E-state index in [9.17, 15) is 13.9 Å². The fourth-order valence-electron chi connectivity index (χ4n) is 2.90. The molecule has 0 saturated heterocycles. The third-order valence-electron chi connectivity index (χ3n) is 4.48. The zero-order chi connectivity index (χ0) is 22.7. The number of ether oxygens (including phenoxy) is 1. The number of nitrogens with two attached hydrogens (primary N) is 1. The van der Waals surface area contributed by atoms with Crippen LogP contribution in [0.2, 0.25) is 0 Å². The Kier molecular flexibility index (Phi) is 6.26. The Morgan fingerprint density at radius 3 is 2.62 bits per heavy atom. The number of rotatable bonds is 5. The van der Waals surface area contributed by atoms with Crippen LogP contribution in [0.4, 0.5) is 14.5 Å². The summed E-state index contributed by atoms with van der Waals surface area (Å²) < 4.78 is 33.4. The van der Waals surface area contributed by atoms with Crippen LogP contribution in [-0.4, -0.2) is 22.0 Å². The molecule has 1 heterocycles. The minimum atomic E-state index is -0.780. The van der Waals surface area contributed by atoms with Crippen molar-refractivity contribution in [1.82, 2.24) is 4.98 Å². The van der Waals surface area contributed by atoms with E-state index in [1.165, 1.54) is 24.4 Å². The van der Waals surface area contributed by atoms with Gasteiger partial charge in [-0.15, -0.1) is 0 Å². The summed E-state index contributed by atoms with van der Waals surface area (Å²) in [6.45, 7) is 0. The summed E-state index contributed by atoms with van der Waals surface area (Å²) in [5.74, 6) is 5.03. The minimum absolute atomic E-state index is 0.278. The molecule has 0 amide bonds. The number of aliphatic imine (C=N–C) groups is 1. The molecular weight excluding hydrogens is 529 g/mol. The summed E-state index contributed by atoms with van der Waals surface area (Å²) in [6, 6.07) is 17.2. The van der Waals surface area contributed by atoms with E-state index >= 15 is 0 Å². The van der Waals surface area contributed by atoms with Gasteiger partial charge in [0.1, 0.15) is 23.0 Å². The van der Waals surface area contributed by atoms with Crippen molar-refractivity contribution in [1.29, 1.82) is 0 Å². The normalized spacial score (nSPS) is 11.9. The molecule has 6 nitrogen and oxygen atoms in total. The van der Waals surface area contributed by atoms with Gasteiger partial charge in [0, 0.05) is 11.5 Å². The van der Waals surface area contributed by atoms with Crippen LogP contribution in [0.5, 0.6) is 17.2 Å². The topological polar surface area (TPSA) is 93.1 Å². The van der Waals surface area contributed by atoms with Gasteiger partial charge in [0.2, 0.25) is 0 Å². The summed E-state index contributed by atoms with van der Waals surface area (Å²) in [6.07, 6.45) is 1.36. The van der Waals surface area contributed by atoms with Crippen molar-refractivity contribution in [2.75, 3.05) is 0 Å². The number of phenols is 1. The molecule has 0 aliphatic rings. The van der Waals surface area contributed by atoms with Crippen molar-refractivity contribution >= 4 is 51.1 Å². The molecular formula is C23H15F2IN4O2. The largest absolute Gasteiger partial charge is 0.505 e. The SMILES string of the molecule is NN=C(C=Nc1ccc(O)c(F)c1)c1ccc2c(Oc3ccc(F)c(I)c3)cccc2n1. The van der Waals surface area contributed by atoms with Crippen molar-refractivity contribution < 1.29 is 18.6 Å². The Bertz CT molecular complexity index is 1380. The first-order valence-electron chi connectivity index (χ1n) is 9.28. The predicted molar refractivity (Wildman–Crippen MR) is 128 cm³/mol. The number of halogens is 3. The second kappa shape index (κ2) is 9.27. The van der Waals surface area contributed by atoms with Crippen LogP contribution in [0, 0.1) is 15.2 Å². The quantitative estimate of drug-likeness (QED) is 0.146. The lowest BCUT2D eigenvalue weighted by atomic mass is 10.1. The van der Waals surface area contributed by atoms with Gasteiger partial charge in [-0.3, -0.25) is 4.99 Å². The monoisotopic (exact) mass is 544 g/mol. The molecule has 0 radical (unpaired) electrons. The first-order chi connectivity index (χ1) is 15.4. The van der Waals surface area contributed by atoms with Crippen molar-refractivity contribution in [3.8, 4) is 17.2 Å². The van der Waals surface area contributed by atoms with E-state index in [2.05, 4.69) is 15.1 Å². The molecule has 0 fully saturated rings. The van der Waals surface area contributed by atoms with Gasteiger partial charge in [-0.2, -0.15) is 5.10 Å². The Balaban J connectivity index is 1.63. The van der Waals surface area contributed by atoms with E-state index in [1.807, 2.05) is 22.6 Å². The van der Waals surface area contributed by atoms with E-state index in [4.69, 9.17) is 10.6 Å². The Labute approximate surface area is 195 Å². The standard InChI is InChI=1S/C23H15F2IN4O2/c24-16-7-5-14(11-18(16)26)32-23-3-1-2-19-15(23)6-8-20(29-19)21(30-27)12-28-13-4-9-22(31)17(25)10-13/h1-12,31H,27H2. The van der Waals surface area contributed by atoms with E-state index in [-0.39, 0.29) is 17.2 Å². The number of nitrogens with zero attached hydrogens (tertiary/aromatic N) is 3. The molecule has 0 aliphatic heterocycles. The van der Waals surface area contributed by atoms with Crippen LogP contribution < -0.4 is 10.6 Å². The summed E-state index contributed by atoms with van der Waals surface area (Å²) in [4.78, 5) is 8.71. The van der Waals surface area contributed by atoms with Crippen molar-refractivity contribution in [3.63, 3.8) is 0 Å². The van der Waals surface area contributed by atoms with Gasteiger partial charge in [-0.05, 0) is 77.2 Å². The van der Waals surface area contributed by atoms with Crippen LogP contribution >= 0.6 is 22.6 Å². The van der Waals surface area contributed by atoms with Crippen molar-refractivity contribution in [2.24, 2.45) is 15.9 Å². The van der Waals surface area contributed by atoms with Gasteiger partial charge in [0.05, 0.1) is 26.7 Å². The number of pyridine rings is 1. The number of hydrogen-bond acceptors (Lipinski definition) is 6. The first kappa shape index (κ1) is 21.6. The highest BCUT2D eigenvalue weighted by molar-refractivity contribution is 14.1. The summed E-state index contributed by atoms with van der Waals surface area (Å²) in [5.41, 5.74) is 1.64. The maximum atomic E-state index is 13.5. The molecule has 0 atom stereocenters. The second-order valence-electron chi connectivity index (χ2n) is 6.61. The highest BCUT2D eigenvalue weighted by Crippen LogP contribution is 2.30. The smallest absolute Gasteiger partial charge is 0.166 e. The highest BCUT2D eigenvalue weighted by Gasteiger charge is 2.10. The van der Waals surface area contributed by atoms with E-state index in [0.29, 0.717) is 26.3 Å². The Morgan fingerprint density at radius 2 is 1.88 bits per heavy atom. The fraction of sp³-hybridized carbons (Fsp3) is 0. The van der Waals surface area contributed by atoms with Gasteiger partial charge >= 0.3 is 0 Å². The van der Waals surface area contributed by atoms with E-state index in [1.54, 1.807) is 42.5 Å². The maximum Gasteiger partial charge on any atom is 0.166 e. The molecule has 3 aromatic carbocycles. The molecule has 0 unspecified atom stereocenters. The zero-order valence-electron chi connectivity index (χ0n) is 16.3. The number of aromatic nitrogens is 1. The molecule has 0 bridgehead atoms. The number of fused-ring (bicyclic) bond motifs is 1. The number of phenolic OH excluding ortho intramolecular Hbond substituents is 1. The average Bonchev–Trinajstić information content (AvgIpc) is 2.79. The maximum absolute atomic E-state index is 13.5. The second-order valence-corrected chi connectivity index (χ2v) is 7.77. The van der Waals surface area contributed by atoms with Gasteiger partial charge < -0.3 is 15.7 Å². The lowest BCUT2D eigenvalue weighted by Gasteiger charge is -2.10. The summed E-state index contributed by atoms with van der Waals surface area (Å²) in [5, 5.41) is 13.7. The highest BCUT2D eigenvalue weighted by atomic mass is 127. The van der Waals surface area contributed by atoms with Gasteiger partial charge in [0.15, 0.2) is 11.6 Å². The lowest BCUT2D eigenvalue weighted by Crippen LogP contribution is -2.08. The van der Waals surface area contributed by atoms with E-state index < -0.39 is 11.6 Å². The van der Waals surface area contributed by atoms with Gasteiger partial charge in [0.25, 0.3) is 0 Å². The number of hydrogen-bond donors (Lipinski definition) is 2. The predicted octanol–water partition coefficient (Wildman–Crippen LogP) is 5.68. The number of hydrazone groups is 1. The fourth-order valence-corrected chi connectivity index (χ4v) is 3.39. The number of aromatic hydroxyl groups is 1. The lowest BCUT2D eigenvalue weighted by molar-refractivity contribution is 0.432. The van der Waals surface area contributed by atoms with Gasteiger partial charge in [-0.25, -0.2) is 13.8 Å². The van der Waals surface area contributed by atoms with Crippen LogP contribution in [-0.2, 0) is 0 Å². The molecule has 1 aromatic heterocycles. The van der Waals surface area contributed by atoms with E-state index in [0.717, 1.165) is 11.5 Å². The molecule has 4 aromatic rings. The molecule has 4 rings (SSSR count). The minimum Gasteiger partial charge on any atom is -0.505 e. The summed E-state index contributed by atoms with van der Waals surface area (Å²) in [7, 11) is 0. The molecule has 9 heteroatoms. The molecule has 32 heavy (non-hydrogen) atoms. The molecule has 160 valence electrons. The Hall–Kier alpha value is -3.60. The third kappa shape index (κ3) is 4.67. The number of benzene rings is 3. The third-order valence-corrected chi connectivity index (χ3v) is 5.31. The average molecular weight is 544 g/mol. The van der Waals surface area contributed by atoms with Crippen molar-refractivity contribution in [2.45, 2.75) is 0 Å². The molecule has 0 aliphatic carbocycles. The molecule has 0 spiro atoms. The van der Waals surface area contributed by atoms with Crippen molar-refractivity contribution in [3.05, 3.63) is 87.6 Å². The zero-order valence-corrected chi connectivity index (χ0v) is 18.5. The van der Waals surface area contributed by atoms with Crippen LogP contribution in [0.1, 0.15) is 5.69 Å². The van der Waals surface area contributed by atoms with Gasteiger partial charge in [-0.1, -0.05) is 6.07 Å². The van der Waals surface area contributed by atoms with Crippen LogP contribution in [0.15, 0.2) is 76.8 Å². The van der Waals surface area contributed by atoms with Crippen LogP contribution in [0.3, 0.4) is 0 Å². The molecule has 3 N–H and O–H groups in total. The summed E-state index contributed by atoms with van der Waals surface area (Å²) >= 11 is 1.90. The molecule has 0 saturated carbocycles. The first-order valence-corrected chi connectivity index (χ1v) is 10.4. The van der Waals surface area contributed by atoms with Crippen LogP contribution in [0.25, 0.3) is 10.9 Å². The Morgan fingerprint density at radius 1 is 1.03 bits per heavy atom.